The summed E-state index contributed by atoms with van der Waals surface area (Å²) in [6.07, 6.45) is 0. The minimum absolute atomic E-state index is 0.156. The van der Waals surface area contributed by atoms with Crippen LogP contribution in [0.2, 0.25) is 5.02 Å². The molecule has 0 saturated carbocycles. The standard InChI is InChI=1S/C23H20ClN3O3/c1-29-20-8-4-5-9-21(20)30-15-14-25-23-26-19-7-3-2-6-18(19)22(28)27(23)17-12-10-16(24)11-13-17/h2-13H,14-15H2,1H3,(H,25,26). The molecule has 30 heavy (non-hydrogen) atoms. The lowest BCUT2D eigenvalue weighted by molar-refractivity contribution is 0.305. The molecular formula is C23H20ClN3O3. The summed E-state index contributed by atoms with van der Waals surface area (Å²) in [4.78, 5) is 17.8. The number of rotatable bonds is 7. The number of aromatic nitrogens is 2. The fraction of sp³-hybridized carbons (Fsp3) is 0.130. The van der Waals surface area contributed by atoms with E-state index in [9.17, 15) is 4.79 Å². The van der Waals surface area contributed by atoms with Crippen LogP contribution in [0.3, 0.4) is 0 Å². The Balaban J connectivity index is 1.61. The molecule has 3 aromatic carbocycles. The molecule has 0 aliphatic heterocycles. The molecule has 0 unspecified atom stereocenters. The molecule has 0 amide bonds. The first-order valence-corrected chi connectivity index (χ1v) is 9.82. The summed E-state index contributed by atoms with van der Waals surface area (Å²) in [5.74, 6) is 1.76. The number of para-hydroxylation sites is 3. The molecule has 0 saturated heterocycles. The van der Waals surface area contributed by atoms with Crippen LogP contribution < -0.4 is 20.3 Å². The second kappa shape index (κ2) is 8.88. The Hall–Kier alpha value is -3.51. The van der Waals surface area contributed by atoms with Crippen molar-refractivity contribution in [2.45, 2.75) is 0 Å². The van der Waals surface area contributed by atoms with Crippen molar-refractivity contribution in [3.63, 3.8) is 0 Å². The zero-order valence-electron chi connectivity index (χ0n) is 16.3. The maximum Gasteiger partial charge on any atom is 0.267 e. The van der Waals surface area contributed by atoms with E-state index in [1.807, 2.05) is 42.5 Å². The van der Waals surface area contributed by atoms with Crippen LogP contribution in [-0.2, 0) is 0 Å². The third kappa shape index (κ3) is 4.09. The highest BCUT2D eigenvalue weighted by Gasteiger charge is 2.12. The summed E-state index contributed by atoms with van der Waals surface area (Å²) >= 11 is 6.01. The smallest absolute Gasteiger partial charge is 0.267 e. The highest BCUT2D eigenvalue weighted by atomic mass is 35.5. The van der Waals surface area contributed by atoms with Gasteiger partial charge in [0.05, 0.1) is 30.2 Å². The molecule has 0 bridgehead atoms. The van der Waals surface area contributed by atoms with Crippen molar-refractivity contribution in [2.24, 2.45) is 0 Å². The van der Waals surface area contributed by atoms with Gasteiger partial charge in [-0.05, 0) is 48.5 Å². The lowest BCUT2D eigenvalue weighted by Crippen LogP contribution is -2.25. The lowest BCUT2D eigenvalue weighted by atomic mass is 10.2. The SMILES string of the molecule is COc1ccccc1OCCNc1nc2ccccc2c(=O)n1-c1ccc(Cl)cc1. The number of hydrogen-bond acceptors (Lipinski definition) is 5. The Bertz CT molecular complexity index is 1220. The first kappa shape index (κ1) is 19.8. The maximum atomic E-state index is 13.2. The number of methoxy groups -OCH3 is 1. The van der Waals surface area contributed by atoms with Crippen molar-refractivity contribution >= 4 is 28.5 Å². The molecule has 0 atom stereocenters. The van der Waals surface area contributed by atoms with E-state index in [-0.39, 0.29) is 5.56 Å². The second-order valence-electron chi connectivity index (χ2n) is 6.50. The monoisotopic (exact) mass is 421 g/mol. The van der Waals surface area contributed by atoms with Crippen molar-refractivity contribution in [1.82, 2.24) is 9.55 Å². The summed E-state index contributed by atoms with van der Waals surface area (Å²) < 4.78 is 12.6. The average Bonchev–Trinajstić information content (AvgIpc) is 2.78. The largest absolute Gasteiger partial charge is 0.493 e. The molecule has 0 fully saturated rings. The van der Waals surface area contributed by atoms with Crippen LogP contribution >= 0.6 is 11.6 Å². The molecule has 1 N–H and O–H groups in total. The molecule has 0 radical (unpaired) electrons. The van der Waals surface area contributed by atoms with Crippen LogP contribution in [0.25, 0.3) is 16.6 Å². The number of hydrogen-bond donors (Lipinski definition) is 1. The first-order chi connectivity index (χ1) is 14.7. The average molecular weight is 422 g/mol. The molecule has 0 aliphatic rings. The van der Waals surface area contributed by atoms with Gasteiger partial charge in [-0.15, -0.1) is 0 Å². The minimum atomic E-state index is -0.156. The highest BCUT2D eigenvalue weighted by Crippen LogP contribution is 2.25. The molecule has 0 aliphatic carbocycles. The van der Waals surface area contributed by atoms with E-state index in [1.165, 1.54) is 0 Å². The molecule has 4 rings (SSSR count). The van der Waals surface area contributed by atoms with Crippen LogP contribution in [-0.4, -0.2) is 29.8 Å². The summed E-state index contributed by atoms with van der Waals surface area (Å²) in [5.41, 5.74) is 1.15. The van der Waals surface area contributed by atoms with E-state index in [4.69, 9.17) is 21.1 Å². The topological polar surface area (TPSA) is 65.4 Å². The van der Waals surface area contributed by atoms with Gasteiger partial charge in [-0.1, -0.05) is 35.9 Å². The van der Waals surface area contributed by atoms with E-state index in [2.05, 4.69) is 10.3 Å². The van der Waals surface area contributed by atoms with Crippen LogP contribution in [0.15, 0.2) is 77.6 Å². The van der Waals surface area contributed by atoms with Crippen molar-refractivity contribution in [3.05, 3.63) is 88.2 Å². The summed E-state index contributed by atoms with van der Waals surface area (Å²) in [6.45, 7) is 0.806. The Kier molecular flexibility index (Phi) is 5.86. The van der Waals surface area contributed by atoms with Crippen molar-refractivity contribution in [2.75, 3.05) is 25.6 Å². The van der Waals surface area contributed by atoms with Gasteiger partial charge in [0, 0.05) is 5.02 Å². The lowest BCUT2D eigenvalue weighted by Gasteiger charge is -2.16. The fourth-order valence-electron chi connectivity index (χ4n) is 3.14. The van der Waals surface area contributed by atoms with Gasteiger partial charge in [0.15, 0.2) is 11.5 Å². The first-order valence-electron chi connectivity index (χ1n) is 9.45. The number of fused-ring (bicyclic) bond motifs is 1. The Labute approximate surface area is 178 Å². The van der Waals surface area contributed by atoms with E-state index in [1.54, 1.807) is 42.0 Å². The Morgan fingerprint density at radius 2 is 1.67 bits per heavy atom. The number of ether oxygens (including phenoxy) is 2. The summed E-state index contributed by atoms with van der Waals surface area (Å²) in [6, 6.07) is 21.8. The predicted molar refractivity (Wildman–Crippen MR) is 119 cm³/mol. The second-order valence-corrected chi connectivity index (χ2v) is 6.93. The normalized spacial score (nSPS) is 10.7. The van der Waals surface area contributed by atoms with Crippen molar-refractivity contribution in [1.29, 1.82) is 0 Å². The number of benzene rings is 3. The van der Waals surface area contributed by atoms with Crippen LogP contribution in [0, 0.1) is 0 Å². The molecule has 6 nitrogen and oxygen atoms in total. The quantitative estimate of drug-likeness (QED) is 0.444. The molecule has 1 heterocycles. The van der Waals surface area contributed by atoms with E-state index in [0.717, 1.165) is 0 Å². The van der Waals surface area contributed by atoms with Gasteiger partial charge in [-0.2, -0.15) is 0 Å². The van der Waals surface area contributed by atoms with Crippen molar-refractivity contribution < 1.29 is 9.47 Å². The minimum Gasteiger partial charge on any atom is -0.493 e. The van der Waals surface area contributed by atoms with Crippen LogP contribution in [0.1, 0.15) is 0 Å². The fourth-order valence-corrected chi connectivity index (χ4v) is 3.27. The van der Waals surface area contributed by atoms with Gasteiger partial charge >= 0.3 is 0 Å². The zero-order valence-corrected chi connectivity index (χ0v) is 17.1. The van der Waals surface area contributed by atoms with E-state index >= 15 is 0 Å². The van der Waals surface area contributed by atoms with Crippen LogP contribution in [0.4, 0.5) is 5.95 Å². The van der Waals surface area contributed by atoms with Gasteiger partial charge in [-0.25, -0.2) is 9.55 Å². The Morgan fingerprint density at radius 1 is 0.967 bits per heavy atom. The van der Waals surface area contributed by atoms with Gasteiger partial charge in [-0.3, -0.25) is 4.79 Å². The predicted octanol–water partition coefficient (Wildman–Crippen LogP) is 4.54. The zero-order chi connectivity index (χ0) is 20.9. The van der Waals surface area contributed by atoms with Crippen molar-refractivity contribution in [3.8, 4) is 17.2 Å². The van der Waals surface area contributed by atoms with Gasteiger partial charge < -0.3 is 14.8 Å². The van der Waals surface area contributed by atoms with Gasteiger partial charge in [0.2, 0.25) is 5.95 Å². The van der Waals surface area contributed by atoms with E-state index < -0.39 is 0 Å². The third-order valence-electron chi connectivity index (χ3n) is 4.57. The number of anilines is 1. The molecule has 152 valence electrons. The third-order valence-corrected chi connectivity index (χ3v) is 4.82. The molecular weight excluding hydrogens is 402 g/mol. The molecule has 7 heteroatoms. The maximum absolute atomic E-state index is 13.2. The number of nitrogens with zero attached hydrogens (tertiary/aromatic N) is 2. The van der Waals surface area contributed by atoms with Gasteiger partial charge in [0.1, 0.15) is 6.61 Å². The number of nitrogens with one attached hydrogen (secondary N) is 1. The van der Waals surface area contributed by atoms with Gasteiger partial charge in [0.25, 0.3) is 5.56 Å². The summed E-state index contributed by atoms with van der Waals surface area (Å²) in [5, 5.41) is 4.36. The highest BCUT2D eigenvalue weighted by molar-refractivity contribution is 6.30. The Morgan fingerprint density at radius 3 is 2.43 bits per heavy atom. The number of halogens is 1. The molecule has 4 aromatic rings. The van der Waals surface area contributed by atoms with E-state index in [0.29, 0.717) is 52.2 Å². The molecule has 1 aromatic heterocycles. The molecule has 0 spiro atoms. The summed E-state index contributed by atoms with van der Waals surface area (Å²) in [7, 11) is 1.60. The van der Waals surface area contributed by atoms with Crippen LogP contribution in [0.5, 0.6) is 11.5 Å².